The Balaban J connectivity index is 1.33. The Morgan fingerprint density at radius 3 is 2.93 bits per heavy atom. The highest BCUT2D eigenvalue weighted by atomic mass is 16.6. The molecule has 2 N–H and O–H groups in total. The molecule has 150 valence electrons. The third-order valence-electron chi connectivity index (χ3n) is 8.31. The number of amides is 1. The zero-order chi connectivity index (χ0) is 18.8. The molecule has 2 aliphatic carbocycles. The number of epoxide rings is 1. The molecule has 0 bridgehead atoms. The van der Waals surface area contributed by atoms with Crippen LogP contribution in [0.25, 0.3) is 0 Å². The fraction of sp³-hybridized carbons (Fsp3) is 0.905. The van der Waals surface area contributed by atoms with Gasteiger partial charge in [0.2, 0.25) is 5.91 Å². The van der Waals surface area contributed by atoms with Gasteiger partial charge in [0, 0.05) is 24.4 Å². The summed E-state index contributed by atoms with van der Waals surface area (Å²) in [6, 6.07) is -0.198. The molecule has 0 aromatic heterocycles. The summed E-state index contributed by atoms with van der Waals surface area (Å²) in [4.78, 5) is 24.9. The second kappa shape index (κ2) is 6.18. The smallest absolute Gasteiger partial charge is 0.311 e. The number of hydrogen-bond donors (Lipinski definition) is 2. The highest BCUT2D eigenvalue weighted by Crippen LogP contribution is 2.70. The summed E-state index contributed by atoms with van der Waals surface area (Å²) in [5.41, 5.74) is 0.0681. The van der Waals surface area contributed by atoms with Crippen LogP contribution in [0.2, 0.25) is 0 Å². The molecule has 0 radical (unpaired) electrons. The van der Waals surface area contributed by atoms with Crippen LogP contribution >= 0.6 is 0 Å². The van der Waals surface area contributed by atoms with Gasteiger partial charge in [-0.1, -0.05) is 20.3 Å². The lowest BCUT2D eigenvalue weighted by Crippen LogP contribution is -2.55. The van der Waals surface area contributed by atoms with Gasteiger partial charge in [0.1, 0.15) is 11.7 Å². The molecule has 5 aliphatic rings. The minimum absolute atomic E-state index is 0.0248. The van der Waals surface area contributed by atoms with E-state index in [0.29, 0.717) is 12.5 Å². The Morgan fingerprint density at radius 2 is 2.07 bits per heavy atom. The van der Waals surface area contributed by atoms with Crippen molar-refractivity contribution >= 4 is 11.9 Å². The zero-order valence-corrected chi connectivity index (χ0v) is 16.5. The largest absolute Gasteiger partial charge is 0.462 e. The van der Waals surface area contributed by atoms with Crippen LogP contribution in [0.1, 0.15) is 58.8 Å². The molecule has 6 heteroatoms. The van der Waals surface area contributed by atoms with Crippen molar-refractivity contribution in [3.63, 3.8) is 0 Å². The summed E-state index contributed by atoms with van der Waals surface area (Å²) >= 11 is 0. The molecule has 3 aliphatic heterocycles. The van der Waals surface area contributed by atoms with Crippen molar-refractivity contribution in [2.45, 2.75) is 82.6 Å². The van der Waals surface area contributed by atoms with Crippen LogP contribution in [-0.2, 0) is 19.1 Å². The van der Waals surface area contributed by atoms with E-state index >= 15 is 0 Å². The molecule has 3 saturated heterocycles. The molecule has 1 amide bonds. The summed E-state index contributed by atoms with van der Waals surface area (Å²) in [6.45, 7) is 5.92. The maximum absolute atomic E-state index is 12.7. The number of nitrogens with one attached hydrogen (secondary N) is 2. The Labute approximate surface area is 161 Å². The molecule has 8 atom stereocenters. The van der Waals surface area contributed by atoms with Crippen LogP contribution in [0.15, 0.2) is 0 Å². The monoisotopic (exact) mass is 376 g/mol. The minimum atomic E-state index is -0.200. The maximum Gasteiger partial charge on any atom is 0.311 e. The van der Waals surface area contributed by atoms with Crippen molar-refractivity contribution in [3.8, 4) is 0 Å². The quantitative estimate of drug-likeness (QED) is 0.580. The number of hydrogen-bond acceptors (Lipinski definition) is 5. The van der Waals surface area contributed by atoms with Crippen molar-refractivity contribution in [2.24, 2.45) is 23.2 Å². The molecule has 27 heavy (non-hydrogen) atoms. The molecule has 2 saturated carbocycles. The van der Waals surface area contributed by atoms with E-state index in [1.165, 1.54) is 19.3 Å². The highest BCUT2D eigenvalue weighted by molar-refractivity contribution is 5.82. The van der Waals surface area contributed by atoms with Crippen LogP contribution in [0.5, 0.6) is 0 Å². The molecular formula is C21H32N2O4. The van der Waals surface area contributed by atoms with Crippen molar-refractivity contribution in [3.05, 3.63) is 0 Å². The summed E-state index contributed by atoms with van der Waals surface area (Å²) in [6.07, 6.45) is 7.54. The number of ether oxygens (including phenoxy) is 2. The van der Waals surface area contributed by atoms with Gasteiger partial charge in [0.25, 0.3) is 0 Å². The van der Waals surface area contributed by atoms with Crippen LogP contribution in [-0.4, -0.2) is 48.8 Å². The van der Waals surface area contributed by atoms with Crippen LogP contribution in [0.3, 0.4) is 0 Å². The number of esters is 1. The first kappa shape index (κ1) is 17.9. The first-order chi connectivity index (χ1) is 13.0. The molecule has 8 unspecified atom stereocenters. The van der Waals surface area contributed by atoms with Crippen molar-refractivity contribution < 1.29 is 19.1 Å². The molecule has 0 aromatic carbocycles. The predicted octanol–water partition coefficient (Wildman–Crippen LogP) is 1.77. The minimum Gasteiger partial charge on any atom is -0.462 e. The van der Waals surface area contributed by atoms with Crippen LogP contribution in [0, 0.1) is 23.2 Å². The van der Waals surface area contributed by atoms with Gasteiger partial charge in [-0.05, 0) is 44.4 Å². The predicted molar refractivity (Wildman–Crippen MR) is 98.9 cm³/mol. The first-order valence-corrected chi connectivity index (χ1v) is 10.9. The topological polar surface area (TPSA) is 80.0 Å². The normalized spacial score (nSPS) is 51.3. The second-order valence-electron chi connectivity index (χ2n) is 9.80. The van der Waals surface area contributed by atoms with E-state index < -0.39 is 0 Å². The molecule has 0 aromatic rings. The van der Waals surface area contributed by atoms with E-state index in [4.69, 9.17) is 9.47 Å². The molecule has 5 rings (SSSR count). The van der Waals surface area contributed by atoms with Crippen LogP contribution < -0.4 is 10.6 Å². The van der Waals surface area contributed by atoms with Gasteiger partial charge in [-0.3, -0.25) is 9.59 Å². The van der Waals surface area contributed by atoms with Gasteiger partial charge in [-0.2, -0.15) is 0 Å². The zero-order valence-electron chi connectivity index (χ0n) is 16.5. The lowest BCUT2D eigenvalue weighted by molar-refractivity contribution is -0.146. The van der Waals surface area contributed by atoms with E-state index in [1.807, 2.05) is 0 Å². The summed E-state index contributed by atoms with van der Waals surface area (Å²) in [7, 11) is 0. The fourth-order valence-electron chi connectivity index (χ4n) is 6.87. The average Bonchev–Trinajstić information content (AvgIpc) is 3.34. The Kier molecular flexibility index (Phi) is 4.10. The van der Waals surface area contributed by atoms with Gasteiger partial charge >= 0.3 is 5.97 Å². The van der Waals surface area contributed by atoms with Crippen molar-refractivity contribution in [1.29, 1.82) is 0 Å². The molecular weight excluding hydrogens is 344 g/mol. The van der Waals surface area contributed by atoms with Gasteiger partial charge in [-0.15, -0.1) is 0 Å². The van der Waals surface area contributed by atoms with Crippen LogP contribution in [0.4, 0.5) is 0 Å². The maximum atomic E-state index is 12.7. The SMILES string of the molecule is CC1CCCC2(C)CC3OC(=O)C(CNC4CCCCNC4=O)C3C3OC132. The van der Waals surface area contributed by atoms with Gasteiger partial charge in [0.05, 0.1) is 18.1 Å². The fourth-order valence-corrected chi connectivity index (χ4v) is 6.87. The summed E-state index contributed by atoms with van der Waals surface area (Å²) in [5.74, 6) is 0.430. The number of carbonyl (C=O) groups excluding carboxylic acids is 2. The number of rotatable bonds is 3. The Morgan fingerprint density at radius 1 is 1.22 bits per heavy atom. The Hall–Kier alpha value is -1.14. The summed E-state index contributed by atoms with van der Waals surface area (Å²) < 4.78 is 12.3. The van der Waals surface area contributed by atoms with Gasteiger partial charge in [0.15, 0.2) is 0 Å². The van der Waals surface area contributed by atoms with Gasteiger partial charge < -0.3 is 20.1 Å². The molecule has 5 fully saturated rings. The Bertz CT molecular complexity index is 654. The number of carbonyl (C=O) groups is 2. The standard InChI is InChI=1S/C21H32N2O4/c1-12-6-5-8-20(2)10-15-16(17-21(12,20)27-17)13(19(25)26-15)11-23-14-7-3-4-9-22-18(14)24/h12-17,23H,3-11H2,1-2H3,(H,22,24). The van der Waals surface area contributed by atoms with E-state index in [2.05, 4.69) is 24.5 Å². The second-order valence-corrected chi connectivity index (χ2v) is 9.80. The van der Waals surface area contributed by atoms with E-state index in [-0.39, 0.29) is 53.0 Å². The van der Waals surface area contributed by atoms with Gasteiger partial charge in [-0.25, -0.2) is 0 Å². The van der Waals surface area contributed by atoms with E-state index in [1.54, 1.807) is 0 Å². The third kappa shape index (κ3) is 2.52. The lowest BCUT2D eigenvalue weighted by atomic mass is 9.53. The third-order valence-corrected chi connectivity index (χ3v) is 8.31. The van der Waals surface area contributed by atoms with Crippen molar-refractivity contribution in [1.82, 2.24) is 10.6 Å². The number of fused-ring (bicyclic) bond motifs is 2. The molecule has 1 spiro atoms. The van der Waals surface area contributed by atoms with E-state index in [9.17, 15) is 9.59 Å². The molecule has 3 heterocycles. The van der Waals surface area contributed by atoms with E-state index in [0.717, 1.165) is 32.2 Å². The average molecular weight is 376 g/mol. The summed E-state index contributed by atoms with van der Waals surface area (Å²) in [5, 5.41) is 6.34. The molecule has 6 nitrogen and oxygen atoms in total. The lowest BCUT2D eigenvalue weighted by Gasteiger charge is -2.48. The highest BCUT2D eigenvalue weighted by Gasteiger charge is 2.78. The first-order valence-electron chi connectivity index (χ1n) is 10.9. The van der Waals surface area contributed by atoms with Crippen molar-refractivity contribution in [2.75, 3.05) is 13.1 Å².